The number of aryl methyl sites for hydroxylation is 2. The predicted octanol–water partition coefficient (Wildman–Crippen LogP) is 2.76. The number of thiophene rings is 1. The van der Waals surface area contributed by atoms with Crippen LogP contribution in [-0.4, -0.2) is 13.0 Å². The zero-order chi connectivity index (χ0) is 14.8. The van der Waals surface area contributed by atoms with Gasteiger partial charge in [-0.25, -0.2) is 0 Å². The smallest absolute Gasteiger partial charge is 0.255 e. The van der Waals surface area contributed by atoms with Crippen molar-refractivity contribution in [1.29, 1.82) is 0 Å². The first-order chi connectivity index (χ1) is 10.2. The Bertz CT molecular complexity index is 657. The lowest BCUT2D eigenvalue weighted by atomic mass is 10.1. The van der Waals surface area contributed by atoms with Crippen molar-refractivity contribution in [3.05, 3.63) is 45.1 Å². The van der Waals surface area contributed by atoms with Crippen LogP contribution >= 0.6 is 11.3 Å². The number of hydrogen-bond acceptors (Lipinski definition) is 4. The van der Waals surface area contributed by atoms with E-state index in [4.69, 9.17) is 10.5 Å². The monoisotopic (exact) mass is 302 g/mol. The van der Waals surface area contributed by atoms with Gasteiger partial charge in [-0.15, -0.1) is 11.3 Å². The van der Waals surface area contributed by atoms with E-state index in [0.717, 1.165) is 0 Å². The Labute approximate surface area is 127 Å². The minimum atomic E-state index is -0.160. The van der Waals surface area contributed by atoms with Gasteiger partial charge in [0.2, 0.25) is 0 Å². The van der Waals surface area contributed by atoms with Crippen molar-refractivity contribution in [3.8, 4) is 5.75 Å². The Balaban J connectivity index is 1.70. The summed E-state index contributed by atoms with van der Waals surface area (Å²) in [6.07, 6.45) is 3.61. The van der Waals surface area contributed by atoms with E-state index in [1.807, 2.05) is 0 Å². The zero-order valence-corrected chi connectivity index (χ0v) is 12.8. The third-order valence-electron chi connectivity index (χ3n) is 3.72. The number of nitrogens with one attached hydrogen (secondary N) is 1. The van der Waals surface area contributed by atoms with Crippen molar-refractivity contribution in [3.63, 3.8) is 0 Å². The third-order valence-corrected chi connectivity index (χ3v) is 4.95. The molecule has 110 valence electrons. The maximum atomic E-state index is 12.3. The maximum Gasteiger partial charge on any atom is 0.255 e. The zero-order valence-electron chi connectivity index (χ0n) is 11.9. The van der Waals surface area contributed by atoms with Crippen LogP contribution in [0.1, 0.15) is 32.1 Å². The molecule has 4 nitrogen and oxygen atoms in total. The van der Waals surface area contributed by atoms with Crippen LogP contribution in [-0.2, 0) is 19.4 Å². The highest BCUT2D eigenvalue weighted by atomic mass is 32.1. The molecule has 0 atom stereocenters. The molecule has 0 saturated carbocycles. The molecule has 0 bridgehead atoms. The topological polar surface area (TPSA) is 64.3 Å². The van der Waals surface area contributed by atoms with Gasteiger partial charge in [0.05, 0.1) is 24.9 Å². The van der Waals surface area contributed by atoms with Gasteiger partial charge >= 0.3 is 0 Å². The van der Waals surface area contributed by atoms with Crippen molar-refractivity contribution in [1.82, 2.24) is 5.32 Å². The van der Waals surface area contributed by atoms with Crippen LogP contribution in [0.15, 0.2) is 24.3 Å². The Morgan fingerprint density at radius 3 is 3.05 bits per heavy atom. The minimum Gasteiger partial charge on any atom is -0.494 e. The first kappa shape index (κ1) is 13.9. The number of methoxy groups -OCH3 is 1. The molecule has 0 saturated heterocycles. The van der Waals surface area contributed by atoms with Gasteiger partial charge in [0, 0.05) is 9.75 Å². The SMILES string of the molecule is COc1c(N)cccc1C(=O)NCc1cc2c(s1)CCC2. The third kappa shape index (κ3) is 2.74. The van der Waals surface area contributed by atoms with Crippen molar-refractivity contribution >= 4 is 22.9 Å². The number of benzene rings is 1. The molecule has 21 heavy (non-hydrogen) atoms. The van der Waals surface area contributed by atoms with Gasteiger partial charge < -0.3 is 15.8 Å². The second-order valence-electron chi connectivity index (χ2n) is 5.13. The Hall–Kier alpha value is -2.01. The van der Waals surface area contributed by atoms with Crippen LogP contribution in [0, 0.1) is 0 Å². The molecule has 5 heteroatoms. The summed E-state index contributed by atoms with van der Waals surface area (Å²) in [5.74, 6) is 0.274. The fourth-order valence-corrected chi connectivity index (χ4v) is 3.90. The number of nitrogens with two attached hydrogens (primary N) is 1. The van der Waals surface area contributed by atoms with Crippen LogP contribution in [0.25, 0.3) is 0 Å². The number of rotatable bonds is 4. The van der Waals surface area contributed by atoms with Gasteiger partial charge in [0.25, 0.3) is 5.91 Å². The lowest BCUT2D eigenvalue weighted by Gasteiger charge is -2.10. The summed E-state index contributed by atoms with van der Waals surface area (Å²) in [5, 5.41) is 2.94. The largest absolute Gasteiger partial charge is 0.494 e. The fraction of sp³-hybridized carbons (Fsp3) is 0.312. The van der Waals surface area contributed by atoms with Crippen LogP contribution in [0.2, 0.25) is 0 Å². The first-order valence-corrected chi connectivity index (χ1v) is 7.82. The molecule has 1 aliphatic carbocycles. The van der Waals surface area contributed by atoms with E-state index in [2.05, 4.69) is 11.4 Å². The van der Waals surface area contributed by atoms with Crippen molar-refractivity contribution in [2.75, 3.05) is 12.8 Å². The summed E-state index contributed by atoms with van der Waals surface area (Å²) in [7, 11) is 1.52. The molecule has 0 radical (unpaired) electrons. The molecular formula is C16H18N2O2S. The number of amides is 1. The molecule has 0 aliphatic heterocycles. The molecule has 1 aromatic carbocycles. The summed E-state index contributed by atoms with van der Waals surface area (Å²) < 4.78 is 5.22. The molecule has 1 heterocycles. The molecule has 3 rings (SSSR count). The van der Waals surface area contributed by atoms with E-state index in [9.17, 15) is 4.79 Å². The summed E-state index contributed by atoms with van der Waals surface area (Å²) in [6.45, 7) is 0.550. The van der Waals surface area contributed by atoms with Crippen molar-refractivity contribution in [2.45, 2.75) is 25.8 Å². The Kier molecular flexibility index (Phi) is 3.84. The minimum absolute atomic E-state index is 0.160. The first-order valence-electron chi connectivity index (χ1n) is 7.00. The second kappa shape index (κ2) is 5.77. The summed E-state index contributed by atoms with van der Waals surface area (Å²) >= 11 is 1.80. The molecule has 3 N–H and O–H groups in total. The number of hydrogen-bond donors (Lipinski definition) is 2. The van der Waals surface area contributed by atoms with Crippen LogP contribution in [0.3, 0.4) is 0 Å². The highest BCUT2D eigenvalue weighted by molar-refractivity contribution is 7.12. The van der Waals surface area contributed by atoms with Gasteiger partial charge in [0.15, 0.2) is 5.75 Å². The standard InChI is InChI=1S/C16H18N2O2S/c1-20-15-12(5-3-6-13(15)17)16(19)18-9-11-8-10-4-2-7-14(10)21-11/h3,5-6,8H,2,4,7,9,17H2,1H3,(H,18,19). The lowest BCUT2D eigenvalue weighted by molar-refractivity contribution is 0.0948. The van der Waals surface area contributed by atoms with Gasteiger partial charge in [-0.2, -0.15) is 0 Å². The molecule has 0 spiro atoms. The summed E-state index contributed by atoms with van der Waals surface area (Å²) in [4.78, 5) is 15.0. The number of carbonyl (C=O) groups is 1. The number of carbonyl (C=O) groups excluding carboxylic acids is 1. The second-order valence-corrected chi connectivity index (χ2v) is 6.35. The van der Waals surface area contributed by atoms with Gasteiger partial charge in [-0.3, -0.25) is 4.79 Å². The van der Waals surface area contributed by atoms with Crippen molar-refractivity contribution < 1.29 is 9.53 Å². The Morgan fingerprint density at radius 1 is 1.43 bits per heavy atom. The number of anilines is 1. The number of para-hydroxylation sites is 1. The van der Waals surface area contributed by atoms with Crippen molar-refractivity contribution in [2.24, 2.45) is 0 Å². The molecule has 2 aromatic rings. The number of ether oxygens (including phenoxy) is 1. The normalized spacial score (nSPS) is 13.0. The maximum absolute atomic E-state index is 12.3. The molecular weight excluding hydrogens is 284 g/mol. The average Bonchev–Trinajstić information content (AvgIpc) is 3.05. The lowest BCUT2D eigenvalue weighted by Crippen LogP contribution is -2.23. The number of nitrogen functional groups attached to an aromatic ring is 1. The quantitative estimate of drug-likeness (QED) is 0.854. The van der Waals surface area contributed by atoms with E-state index in [-0.39, 0.29) is 5.91 Å². The van der Waals surface area contributed by atoms with E-state index in [1.165, 1.54) is 41.7 Å². The predicted molar refractivity (Wildman–Crippen MR) is 84.9 cm³/mol. The Morgan fingerprint density at radius 2 is 2.29 bits per heavy atom. The fourth-order valence-electron chi connectivity index (χ4n) is 2.70. The average molecular weight is 302 g/mol. The molecule has 0 fully saturated rings. The van der Waals surface area contributed by atoms with E-state index in [0.29, 0.717) is 23.5 Å². The van der Waals surface area contributed by atoms with Gasteiger partial charge in [-0.05, 0) is 43.0 Å². The van der Waals surface area contributed by atoms with E-state index in [1.54, 1.807) is 29.5 Å². The highest BCUT2D eigenvalue weighted by Gasteiger charge is 2.17. The van der Waals surface area contributed by atoms with Gasteiger partial charge in [-0.1, -0.05) is 6.07 Å². The van der Waals surface area contributed by atoms with Crippen LogP contribution in [0.4, 0.5) is 5.69 Å². The van der Waals surface area contributed by atoms with E-state index >= 15 is 0 Å². The van der Waals surface area contributed by atoms with Gasteiger partial charge in [0.1, 0.15) is 0 Å². The van der Waals surface area contributed by atoms with Crippen LogP contribution in [0.5, 0.6) is 5.75 Å². The molecule has 1 aliphatic rings. The summed E-state index contributed by atoms with van der Waals surface area (Å²) in [6, 6.07) is 7.41. The summed E-state index contributed by atoms with van der Waals surface area (Å²) in [5.41, 5.74) is 8.22. The van der Waals surface area contributed by atoms with Crippen LogP contribution < -0.4 is 15.8 Å². The highest BCUT2D eigenvalue weighted by Crippen LogP contribution is 2.31. The van der Waals surface area contributed by atoms with E-state index < -0.39 is 0 Å². The number of fused-ring (bicyclic) bond motifs is 1. The molecule has 1 aromatic heterocycles. The molecule has 0 unspecified atom stereocenters. The molecule has 1 amide bonds.